The average Bonchev–Trinajstić information content (AvgIpc) is 2.48. The number of carbonyl (C=O) groups is 2. The third kappa shape index (κ3) is 2.68. The van der Waals surface area contributed by atoms with Gasteiger partial charge in [-0.2, -0.15) is 0 Å². The molecule has 2 unspecified atom stereocenters. The van der Waals surface area contributed by atoms with Crippen LogP contribution in [0.1, 0.15) is 13.3 Å². The predicted octanol–water partition coefficient (Wildman–Crippen LogP) is -0.130. The molecule has 86 valence electrons. The second-order valence-electron chi connectivity index (χ2n) is 4.23. The highest BCUT2D eigenvalue weighted by Gasteiger charge is 2.36. The predicted molar refractivity (Wildman–Crippen MR) is 55.5 cm³/mol. The van der Waals surface area contributed by atoms with Gasteiger partial charge in [0.05, 0.1) is 12.5 Å². The zero-order valence-electron chi connectivity index (χ0n) is 9.43. The van der Waals surface area contributed by atoms with Crippen molar-refractivity contribution >= 4 is 11.9 Å². The van der Waals surface area contributed by atoms with E-state index in [2.05, 4.69) is 0 Å². The van der Waals surface area contributed by atoms with E-state index in [1.165, 1.54) is 4.90 Å². The number of rotatable bonds is 3. The van der Waals surface area contributed by atoms with Crippen LogP contribution in [0.25, 0.3) is 0 Å². The Hall–Kier alpha value is -1.10. The summed E-state index contributed by atoms with van der Waals surface area (Å²) in [6.07, 6.45) is 0.636. The fourth-order valence-electron chi connectivity index (χ4n) is 1.87. The van der Waals surface area contributed by atoms with E-state index in [0.29, 0.717) is 19.5 Å². The second kappa shape index (κ2) is 4.61. The molecule has 1 fully saturated rings. The molecule has 1 aliphatic heterocycles. The number of aliphatic carboxylic acids is 1. The van der Waals surface area contributed by atoms with Gasteiger partial charge in [0.2, 0.25) is 5.91 Å². The SMILES string of the molecule is CC1C(C(=O)O)CCN1CC(=O)N(C)C. The maximum atomic E-state index is 11.5. The van der Waals surface area contributed by atoms with Crippen LogP contribution in [0.3, 0.4) is 0 Å². The van der Waals surface area contributed by atoms with Crippen molar-refractivity contribution in [1.82, 2.24) is 9.80 Å². The number of carbonyl (C=O) groups excluding carboxylic acids is 1. The summed E-state index contributed by atoms with van der Waals surface area (Å²) in [7, 11) is 3.41. The third-order valence-electron chi connectivity index (χ3n) is 3.04. The molecule has 5 heteroatoms. The number of hydrogen-bond acceptors (Lipinski definition) is 3. The van der Waals surface area contributed by atoms with Gasteiger partial charge in [-0.3, -0.25) is 14.5 Å². The highest BCUT2D eigenvalue weighted by Crippen LogP contribution is 2.23. The van der Waals surface area contributed by atoms with E-state index in [1.807, 2.05) is 11.8 Å². The molecule has 1 rings (SSSR count). The lowest BCUT2D eigenvalue weighted by Gasteiger charge is -2.23. The minimum atomic E-state index is -0.762. The Labute approximate surface area is 89.7 Å². The van der Waals surface area contributed by atoms with Crippen LogP contribution in [-0.2, 0) is 9.59 Å². The minimum absolute atomic E-state index is 0.0212. The largest absolute Gasteiger partial charge is 0.481 e. The van der Waals surface area contributed by atoms with Crippen LogP contribution in [0.15, 0.2) is 0 Å². The summed E-state index contributed by atoms with van der Waals surface area (Å²) in [4.78, 5) is 25.8. The Morgan fingerprint density at radius 2 is 2.07 bits per heavy atom. The van der Waals surface area contributed by atoms with Crippen LogP contribution in [0, 0.1) is 5.92 Å². The molecular formula is C10H18N2O3. The van der Waals surface area contributed by atoms with E-state index >= 15 is 0 Å². The fraction of sp³-hybridized carbons (Fsp3) is 0.800. The van der Waals surface area contributed by atoms with Crippen molar-refractivity contribution in [1.29, 1.82) is 0 Å². The first-order chi connectivity index (χ1) is 6.93. The average molecular weight is 214 g/mol. The minimum Gasteiger partial charge on any atom is -0.481 e. The lowest BCUT2D eigenvalue weighted by atomic mass is 10.0. The number of hydrogen-bond donors (Lipinski definition) is 1. The van der Waals surface area contributed by atoms with Gasteiger partial charge in [0.25, 0.3) is 0 Å². The molecule has 0 aromatic heterocycles. The fourth-order valence-corrected chi connectivity index (χ4v) is 1.87. The third-order valence-corrected chi connectivity index (χ3v) is 3.04. The van der Waals surface area contributed by atoms with Crippen LogP contribution in [0.4, 0.5) is 0 Å². The number of likely N-dealkylation sites (N-methyl/N-ethyl adjacent to an activating group) is 1. The molecule has 1 saturated heterocycles. The molecule has 0 spiro atoms. The number of carboxylic acids is 1. The van der Waals surface area contributed by atoms with E-state index in [0.717, 1.165) is 0 Å². The van der Waals surface area contributed by atoms with Crippen molar-refractivity contribution in [3.63, 3.8) is 0 Å². The molecule has 0 saturated carbocycles. The van der Waals surface area contributed by atoms with Crippen LogP contribution in [0.5, 0.6) is 0 Å². The highest BCUT2D eigenvalue weighted by atomic mass is 16.4. The molecule has 0 radical (unpaired) electrons. The monoisotopic (exact) mass is 214 g/mol. The van der Waals surface area contributed by atoms with E-state index in [1.54, 1.807) is 14.1 Å². The highest BCUT2D eigenvalue weighted by molar-refractivity contribution is 5.78. The van der Waals surface area contributed by atoms with Crippen molar-refractivity contribution in [2.24, 2.45) is 5.92 Å². The molecule has 1 N–H and O–H groups in total. The van der Waals surface area contributed by atoms with Crippen LogP contribution in [-0.4, -0.2) is 60.0 Å². The normalized spacial score (nSPS) is 26.6. The van der Waals surface area contributed by atoms with Crippen molar-refractivity contribution in [3.05, 3.63) is 0 Å². The molecule has 0 aromatic rings. The summed E-state index contributed by atoms with van der Waals surface area (Å²) in [6.45, 7) is 2.88. The van der Waals surface area contributed by atoms with Gasteiger partial charge < -0.3 is 10.0 Å². The molecule has 1 amide bonds. The second-order valence-corrected chi connectivity index (χ2v) is 4.23. The molecular weight excluding hydrogens is 196 g/mol. The summed E-state index contributed by atoms with van der Waals surface area (Å²) in [6, 6.07) is -0.0496. The summed E-state index contributed by atoms with van der Waals surface area (Å²) >= 11 is 0. The summed E-state index contributed by atoms with van der Waals surface area (Å²) in [5.41, 5.74) is 0. The number of amides is 1. The number of carboxylic acid groups (broad SMARTS) is 1. The first kappa shape index (κ1) is 12.0. The van der Waals surface area contributed by atoms with Gasteiger partial charge in [0, 0.05) is 20.1 Å². The van der Waals surface area contributed by atoms with Gasteiger partial charge in [-0.25, -0.2) is 0 Å². The molecule has 1 aliphatic rings. The maximum absolute atomic E-state index is 11.5. The summed E-state index contributed by atoms with van der Waals surface area (Å²) < 4.78 is 0. The standard InChI is InChI=1S/C10H18N2O3/c1-7-8(10(14)15)4-5-12(7)6-9(13)11(2)3/h7-8H,4-6H2,1-3H3,(H,14,15). The van der Waals surface area contributed by atoms with Crippen molar-refractivity contribution in [2.75, 3.05) is 27.2 Å². The van der Waals surface area contributed by atoms with Gasteiger partial charge >= 0.3 is 5.97 Å². The summed E-state index contributed by atoms with van der Waals surface area (Å²) in [5.74, 6) is -1.07. The Kier molecular flexibility index (Phi) is 3.68. The molecule has 1 heterocycles. The lowest BCUT2D eigenvalue weighted by molar-refractivity contribution is -0.142. The van der Waals surface area contributed by atoms with Crippen LogP contribution >= 0.6 is 0 Å². The van der Waals surface area contributed by atoms with Crippen molar-refractivity contribution < 1.29 is 14.7 Å². The molecule has 0 aliphatic carbocycles. The van der Waals surface area contributed by atoms with Gasteiger partial charge in [-0.15, -0.1) is 0 Å². The molecule has 0 aromatic carbocycles. The Bertz CT molecular complexity index is 265. The van der Waals surface area contributed by atoms with Gasteiger partial charge in [-0.1, -0.05) is 0 Å². The van der Waals surface area contributed by atoms with Crippen molar-refractivity contribution in [3.8, 4) is 0 Å². The first-order valence-corrected chi connectivity index (χ1v) is 5.10. The Balaban J connectivity index is 2.53. The smallest absolute Gasteiger partial charge is 0.308 e. The maximum Gasteiger partial charge on any atom is 0.308 e. The van der Waals surface area contributed by atoms with E-state index in [-0.39, 0.29) is 17.9 Å². The summed E-state index contributed by atoms with van der Waals surface area (Å²) in [5, 5.41) is 8.92. The number of likely N-dealkylation sites (tertiary alicyclic amines) is 1. The molecule has 15 heavy (non-hydrogen) atoms. The van der Waals surface area contributed by atoms with Crippen LogP contribution < -0.4 is 0 Å². The lowest BCUT2D eigenvalue weighted by Crippen LogP contribution is -2.40. The van der Waals surface area contributed by atoms with E-state index in [4.69, 9.17) is 5.11 Å². The van der Waals surface area contributed by atoms with Gasteiger partial charge in [0.15, 0.2) is 0 Å². The number of nitrogens with zero attached hydrogens (tertiary/aromatic N) is 2. The molecule has 2 atom stereocenters. The first-order valence-electron chi connectivity index (χ1n) is 5.10. The Morgan fingerprint density at radius 1 is 1.47 bits per heavy atom. The zero-order valence-corrected chi connectivity index (χ0v) is 9.43. The van der Waals surface area contributed by atoms with Gasteiger partial charge in [-0.05, 0) is 19.9 Å². The van der Waals surface area contributed by atoms with Crippen LogP contribution in [0.2, 0.25) is 0 Å². The van der Waals surface area contributed by atoms with E-state index < -0.39 is 5.97 Å². The van der Waals surface area contributed by atoms with E-state index in [9.17, 15) is 9.59 Å². The zero-order chi connectivity index (χ0) is 11.6. The van der Waals surface area contributed by atoms with Gasteiger partial charge in [0.1, 0.15) is 0 Å². The van der Waals surface area contributed by atoms with Crippen molar-refractivity contribution in [2.45, 2.75) is 19.4 Å². The Morgan fingerprint density at radius 3 is 2.47 bits per heavy atom. The molecule has 0 bridgehead atoms. The molecule has 5 nitrogen and oxygen atoms in total. The topological polar surface area (TPSA) is 60.9 Å². The quantitative estimate of drug-likeness (QED) is 0.711.